The van der Waals surface area contributed by atoms with Crippen LogP contribution in [-0.4, -0.2) is 33.7 Å². The number of nitrogens with zero attached hydrogens (tertiary/aromatic N) is 2. The number of benzene rings is 1. The third-order valence-electron chi connectivity index (χ3n) is 6.98. The molecule has 0 unspecified atom stereocenters. The van der Waals surface area contributed by atoms with Crippen molar-refractivity contribution in [2.24, 2.45) is 0 Å². The number of cyclic esters (lactones) is 1. The summed E-state index contributed by atoms with van der Waals surface area (Å²) in [5.41, 5.74) is 3.60. The van der Waals surface area contributed by atoms with E-state index in [4.69, 9.17) is 14.5 Å². The summed E-state index contributed by atoms with van der Waals surface area (Å²) in [6.45, 7) is 3.94. The Bertz CT molecular complexity index is 1420. The van der Waals surface area contributed by atoms with Crippen molar-refractivity contribution in [2.45, 2.75) is 58.3 Å². The third kappa shape index (κ3) is 3.24. The van der Waals surface area contributed by atoms with Gasteiger partial charge >= 0.3 is 11.9 Å². The van der Waals surface area contributed by atoms with E-state index in [0.29, 0.717) is 41.9 Å². The zero-order valence-electron chi connectivity index (χ0n) is 19.4. The number of aryl methyl sites for hydroxylation is 2. The topological polar surface area (TPSA) is 108 Å². The maximum atomic E-state index is 13.3. The summed E-state index contributed by atoms with van der Waals surface area (Å²) in [6.07, 6.45) is 1.74. The molecule has 4 heterocycles. The molecule has 0 amide bonds. The number of hydrogen-bond acceptors (Lipinski definition) is 7. The Hall–Kier alpha value is -3.52. The second-order valence-electron chi connectivity index (χ2n) is 8.86. The van der Waals surface area contributed by atoms with Gasteiger partial charge in [0.1, 0.15) is 6.61 Å². The van der Waals surface area contributed by atoms with E-state index in [1.807, 2.05) is 12.1 Å². The lowest BCUT2D eigenvalue weighted by Crippen LogP contribution is -2.44. The van der Waals surface area contributed by atoms with Crippen molar-refractivity contribution in [1.29, 1.82) is 0 Å². The summed E-state index contributed by atoms with van der Waals surface area (Å²) in [6, 6.07) is 7.86. The fourth-order valence-electron chi connectivity index (χ4n) is 5.00. The van der Waals surface area contributed by atoms with Crippen molar-refractivity contribution in [2.75, 3.05) is 7.11 Å². The number of rotatable bonds is 5. The highest BCUT2D eigenvalue weighted by Crippen LogP contribution is 2.39. The van der Waals surface area contributed by atoms with Gasteiger partial charge in [0, 0.05) is 22.9 Å². The number of aromatic nitrogens is 2. The molecule has 1 aromatic carbocycles. The van der Waals surface area contributed by atoms with E-state index < -0.39 is 11.6 Å². The van der Waals surface area contributed by atoms with Crippen LogP contribution in [0.1, 0.15) is 54.5 Å². The Morgan fingerprint density at radius 2 is 2.03 bits per heavy atom. The van der Waals surface area contributed by atoms with E-state index in [1.165, 1.54) is 7.11 Å². The fraction of sp³-hybridized carbons (Fsp3) is 0.385. The molecule has 3 aromatic rings. The Morgan fingerprint density at radius 3 is 2.74 bits per heavy atom. The van der Waals surface area contributed by atoms with Crippen molar-refractivity contribution in [3.8, 4) is 11.4 Å². The second-order valence-corrected chi connectivity index (χ2v) is 8.86. The molecule has 0 fully saturated rings. The van der Waals surface area contributed by atoms with E-state index in [-0.39, 0.29) is 24.6 Å². The summed E-state index contributed by atoms with van der Waals surface area (Å²) in [4.78, 5) is 42.2. The molecule has 1 N–H and O–H groups in total. The molecule has 0 spiro atoms. The zero-order chi connectivity index (χ0) is 24.2. The van der Waals surface area contributed by atoms with Gasteiger partial charge in [0.2, 0.25) is 0 Å². The molecular formula is C26H26N2O6. The van der Waals surface area contributed by atoms with Crippen molar-refractivity contribution < 1.29 is 24.2 Å². The number of carbonyl (C=O) groups is 2. The molecule has 1 atom stereocenters. The molecule has 8 nitrogen and oxygen atoms in total. The molecule has 2 aromatic heterocycles. The average molecular weight is 463 g/mol. The predicted octanol–water partition coefficient (Wildman–Crippen LogP) is 2.75. The van der Waals surface area contributed by atoms with Gasteiger partial charge in [-0.25, -0.2) is 9.78 Å². The molecule has 0 radical (unpaired) electrons. The number of pyridine rings is 2. The van der Waals surface area contributed by atoms with Crippen LogP contribution in [0.15, 0.2) is 29.1 Å². The minimum Gasteiger partial charge on any atom is -0.469 e. The van der Waals surface area contributed by atoms with Crippen LogP contribution in [0.4, 0.5) is 0 Å². The summed E-state index contributed by atoms with van der Waals surface area (Å²) in [5.74, 6) is -0.984. The number of carbonyl (C=O) groups excluding carboxylic acids is 2. The summed E-state index contributed by atoms with van der Waals surface area (Å²) < 4.78 is 11.5. The van der Waals surface area contributed by atoms with Crippen LogP contribution in [0.3, 0.4) is 0 Å². The first-order valence-electron chi connectivity index (χ1n) is 11.5. The van der Waals surface area contributed by atoms with Gasteiger partial charge in [-0.05, 0) is 48.6 Å². The minimum absolute atomic E-state index is 0.105. The fourth-order valence-corrected chi connectivity index (χ4v) is 5.00. The lowest BCUT2D eigenvalue weighted by atomic mass is 9.86. The average Bonchev–Trinajstić information content (AvgIpc) is 3.21. The third-order valence-corrected chi connectivity index (χ3v) is 6.98. The maximum Gasteiger partial charge on any atom is 0.343 e. The number of hydrogen-bond donors (Lipinski definition) is 1. The van der Waals surface area contributed by atoms with E-state index in [0.717, 1.165) is 34.0 Å². The van der Waals surface area contributed by atoms with E-state index in [1.54, 1.807) is 17.6 Å². The smallest absolute Gasteiger partial charge is 0.343 e. The van der Waals surface area contributed by atoms with Crippen LogP contribution >= 0.6 is 0 Å². The maximum absolute atomic E-state index is 13.3. The van der Waals surface area contributed by atoms with Crippen LogP contribution in [-0.2, 0) is 50.7 Å². The number of methoxy groups -OCH3 is 1. The van der Waals surface area contributed by atoms with Crippen LogP contribution < -0.4 is 5.56 Å². The zero-order valence-corrected chi connectivity index (χ0v) is 19.4. The highest BCUT2D eigenvalue weighted by atomic mass is 16.6. The molecule has 0 aliphatic carbocycles. The first-order chi connectivity index (χ1) is 16.3. The van der Waals surface area contributed by atoms with Gasteiger partial charge in [0.25, 0.3) is 5.56 Å². The Balaban J connectivity index is 1.66. The quantitative estimate of drug-likeness (QED) is 0.455. The normalized spacial score (nSPS) is 18.3. The van der Waals surface area contributed by atoms with Crippen LogP contribution in [0.25, 0.3) is 22.3 Å². The van der Waals surface area contributed by atoms with Gasteiger partial charge in [-0.1, -0.05) is 19.9 Å². The minimum atomic E-state index is -1.84. The first-order valence-corrected chi connectivity index (χ1v) is 11.5. The highest BCUT2D eigenvalue weighted by Gasteiger charge is 2.45. The lowest BCUT2D eigenvalue weighted by molar-refractivity contribution is -0.172. The predicted molar refractivity (Wildman–Crippen MR) is 124 cm³/mol. The molecule has 5 rings (SSSR count). The number of aliphatic hydroxyl groups is 1. The van der Waals surface area contributed by atoms with E-state index in [9.17, 15) is 19.5 Å². The van der Waals surface area contributed by atoms with E-state index in [2.05, 4.69) is 13.0 Å². The molecule has 0 bridgehead atoms. The largest absolute Gasteiger partial charge is 0.469 e. The second kappa shape index (κ2) is 8.06. The SMILES string of the molecule is CCc1cc(CCC(=O)OC)cc2cc3c(nc12)-c1cc2c(c(=O)n1C3)COC(=O)[C@]2(O)CC. The molecule has 2 aliphatic rings. The van der Waals surface area contributed by atoms with Crippen LogP contribution in [0.5, 0.6) is 0 Å². The molecular weight excluding hydrogens is 436 g/mol. The lowest BCUT2D eigenvalue weighted by Gasteiger charge is -2.31. The van der Waals surface area contributed by atoms with Crippen molar-refractivity contribution >= 4 is 22.8 Å². The van der Waals surface area contributed by atoms with Crippen LogP contribution in [0, 0.1) is 0 Å². The van der Waals surface area contributed by atoms with Gasteiger partial charge < -0.3 is 19.1 Å². The van der Waals surface area contributed by atoms with Crippen molar-refractivity contribution in [3.05, 3.63) is 62.4 Å². The number of fused-ring (bicyclic) bond motifs is 5. The molecule has 0 saturated carbocycles. The van der Waals surface area contributed by atoms with Gasteiger partial charge in [-0.2, -0.15) is 0 Å². The Morgan fingerprint density at radius 1 is 1.24 bits per heavy atom. The molecule has 176 valence electrons. The molecule has 34 heavy (non-hydrogen) atoms. The van der Waals surface area contributed by atoms with Gasteiger partial charge in [0.05, 0.1) is 36.1 Å². The monoisotopic (exact) mass is 462 g/mol. The van der Waals surface area contributed by atoms with Gasteiger partial charge in [-0.15, -0.1) is 0 Å². The van der Waals surface area contributed by atoms with E-state index >= 15 is 0 Å². The van der Waals surface area contributed by atoms with Crippen molar-refractivity contribution in [3.63, 3.8) is 0 Å². The van der Waals surface area contributed by atoms with Gasteiger partial charge in [0.15, 0.2) is 5.60 Å². The standard InChI is InChI=1S/C26H26N2O6/c1-4-15-8-14(6-7-21(29)33-3)9-16-10-17-12-28-20(23(17)27-22(15)16)11-19-18(24(28)30)13-34-25(31)26(19,32)5-2/h8-11,32H,4-7,12-13H2,1-3H3/t26-/m0/s1. The Kier molecular flexibility index (Phi) is 5.28. The summed E-state index contributed by atoms with van der Waals surface area (Å²) in [7, 11) is 1.38. The highest BCUT2D eigenvalue weighted by molar-refractivity contribution is 5.88. The Labute approximate surface area is 196 Å². The number of ether oxygens (including phenoxy) is 2. The first kappa shape index (κ1) is 22.3. The molecule has 8 heteroatoms. The number of esters is 2. The van der Waals surface area contributed by atoms with Gasteiger partial charge in [-0.3, -0.25) is 9.59 Å². The molecule has 2 aliphatic heterocycles. The summed E-state index contributed by atoms with van der Waals surface area (Å²) >= 11 is 0. The van der Waals surface area contributed by atoms with Crippen molar-refractivity contribution in [1.82, 2.24) is 9.55 Å². The molecule has 0 saturated heterocycles. The van der Waals surface area contributed by atoms with Crippen LogP contribution in [0.2, 0.25) is 0 Å². The summed E-state index contributed by atoms with van der Waals surface area (Å²) in [5, 5.41) is 12.0.